The predicted molar refractivity (Wildman–Crippen MR) is 51.1 cm³/mol. The zero-order valence-electron chi connectivity index (χ0n) is 8.50. The van der Waals surface area contributed by atoms with Crippen LogP contribution in [0.25, 0.3) is 0 Å². The molecule has 0 saturated carbocycles. The molecule has 1 unspecified atom stereocenters. The lowest BCUT2D eigenvalue weighted by molar-refractivity contribution is -0.130. The van der Waals surface area contributed by atoms with E-state index < -0.39 is 0 Å². The third-order valence-corrected chi connectivity index (χ3v) is 3.29. The van der Waals surface area contributed by atoms with Gasteiger partial charge in [-0.1, -0.05) is 0 Å². The van der Waals surface area contributed by atoms with Gasteiger partial charge in [0.05, 0.1) is 6.54 Å². The molecule has 13 heavy (non-hydrogen) atoms. The number of carbonyl (C=O) groups is 1. The van der Waals surface area contributed by atoms with Crippen LogP contribution in [0.1, 0.15) is 20.8 Å². The fourth-order valence-electron chi connectivity index (χ4n) is 2.17. The number of rotatable bonds is 0. The number of amides is 1. The molecule has 0 aromatic heterocycles. The van der Waals surface area contributed by atoms with Gasteiger partial charge in [-0.2, -0.15) is 0 Å². The van der Waals surface area contributed by atoms with E-state index in [0.717, 1.165) is 19.6 Å². The van der Waals surface area contributed by atoms with Crippen molar-refractivity contribution in [2.45, 2.75) is 26.8 Å². The predicted octanol–water partition coefficient (Wildman–Crippen LogP) is 0.827. The maximum Gasteiger partial charge on any atom is 0.219 e. The number of piperazine rings is 1. The van der Waals surface area contributed by atoms with Crippen molar-refractivity contribution >= 4 is 5.91 Å². The molecular formula is C10H16N2O. The number of nitrogens with zero attached hydrogens (tertiary/aromatic N) is 2. The van der Waals surface area contributed by atoms with E-state index in [1.54, 1.807) is 6.92 Å². The molecule has 2 heterocycles. The van der Waals surface area contributed by atoms with Gasteiger partial charge in [0.15, 0.2) is 0 Å². The van der Waals surface area contributed by atoms with Crippen LogP contribution in [0.5, 0.6) is 0 Å². The maximum atomic E-state index is 11.1. The molecule has 0 aromatic carbocycles. The largest absolute Gasteiger partial charge is 0.365 e. The molecule has 2 rings (SSSR count). The molecule has 2 aliphatic heterocycles. The molecule has 0 aliphatic carbocycles. The van der Waals surface area contributed by atoms with Crippen LogP contribution in [-0.4, -0.2) is 41.4 Å². The first-order valence-electron chi connectivity index (χ1n) is 4.83. The van der Waals surface area contributed by atoms with Gasteiger partial charge in [0, 0.05) is 31.8 Å². The first kappa shape index (κ1) is 8.60. The molecule has 3 heteroatoms. The molecule has 0 spiro atoms. The van der Waals surface area contributed by atoms with E-state index in [9.17, 15) is 4.79 Å². The van der Waals surface area contributed by atoms with Crippen molar-refractivity contribution in [1.29, 1.82) is 0 Å². The Morgan fingerprint density at radius 2 is 2.15 bits per heavy atom. The van der Waals surface area contributed by atoms with Crippen molar-refractivity contribution in [2.75, 3.05) is 19.6 Å². The molecule has 0 N–H and O–H groups in total. The van der Waals surface area contributed by atoms with Crippen LogP contribution in [0, 0.1) is 0 Å². The van der Waals surface area contributed by atoms with Gasteiger partial charge in [-0.3, -0.25) is 4.79 Å². The van der Waals surface area contributed by atoms with Gasteiger partial charge >= 0.3 is 0 Å². The lowest BCUT2D eigenvalue weighted by atomic mass is 9.94. The SMILES string of the molecule is CC(=O)N1CCN2C(=C(C)C2C)C1. The highest BCUT2D eigenvalue weighted by Crippen LogP contribution is 2.32. The molecule has 0 radical (unpaired) electrons. The van der Waals surface area contributed by atoms with Crippen molar-refractivity contribution in [2.24, 2.45) is 0 Å². The summed E-state index contributed by atoms with van der Waals surface area (Å²) in [5.41, 5.74) is 2.82. The summed E-state index contributed by atoms with van der Waals surface area (Å²) in [6, 6.07) is 0.601. The molecule has 1 saturated heterocycles. The van der Waals surface area contributed by atoms with E-state index in [0.29, 0.717) is 6.04 Å². The van der Waals surface area contributed by atoms with Gasteiger partial charge in [0.1, 0.15) is 0 Å². The molecule has 1 amide bonds. The number of hydrogen-bond donors (Lipinski definition) is 0. The van der Waals surface area contributed by atoms with Crippen LogP contribution in [0.4, 0.5) is 0 Å². The fourth-order valence-corrected chi connectivity index (χ4v) is 2.17. The second kappa shape index (κ2) is 2.76. The second-order valence-electron chi connectivity index (χ2n) is 3.94. The minimum atomic E-state index is 0.194. The first-order valence-corrected chi connectivity index (χ1v) is 4.83. The molecule has 0 bridgehead atoms. The summed E-state index contributed by atoms with van der Waals surface area (Å²) in [5, 5.41) is 0. The van der Waals surface area contributed by atoms with Crippen molar-refractivity contribution in [1.82, 2.24) is 9.80 Å². The van der Waals surface area contributed by atoms with Crippen LogP contribution >= 0.6 is 0 Å². The Balaban J connectivity index is 2.13. The Hall–Kier alpha value is -0.990. The standard InChI is InChI=1S/C10H16N2O/c1-7-8(2)12-5-4-11(9(3)13)6-10(7)12/h8H,4-6H2,1-3H3. The summed E-state index contributed by atoms with van der Waals surface area (Å²) in [7, 11) is 0. The Labute approximate surface area is 79.0 Å². The number of carbonyl (C=O) groups excluding carboxylic acids is 1. The molecular weight excluding hydrogens is 164 g/mol. The molecule has 1 fully saturated rings. The average molecular weight is 180 g/mol. The van der Waals surface area contributed by atoms with Gasteiger partial charge in [0.25, 0.3) is 0 Å². The molecule has 2 aliphatic rings. The Kier molecular flexibility index (Phi) is 1.82. The molecule has 72 valence electrons. The highest BCUT2D eigenvalue weighted by Gasteiger charge is 2.35. The zero-order valence-corrected chi connectivity index (χ0v) is 8.50. The monoisotopic (exact) mass is 180 g/mol. The van der Waals surface area contributed by atoms with E-state index in [2.05, 4.69) is 18.7 Å². The van der Waals surface area contributed by atoms with E-state index in [4.69, 9.17) is 0 Å². The van der Waals surface area contributed by atoms with Crippen molar-refractivity contribution in [3.63, 3.8) is 0 Å². The third kappa shape index (κ3) is 1.14. The van der Waals surface area contributed by atoms with Gasteiger partial charge in [0.2, 0.25) is 5.91 Å². The minimum absolute atomic E-state index is 0.194. The topological polar surface area (TPSA) is 23.6 Å². The fraction of sp³-hybridized carbons (Fsp3) is 0.700. The lowest BCUT2D eigenvalue weighted by Gasteiger charge is -2.50. The van der Waals surface area contributed by atoms with Crippen LogP contribution in [-0.2, 0) is 4.79 Å². The van der Waals surface area contributed by atoms with Crippen molar-refractivity contribution in [3.8, 4) is 0 Å². The second-order valence-corrected chi connectivity index (χ2v) is 3.94. The quantitative estimate of drug-likeness (QED) is 0.551. The highest BCUT2D eigenvalue weighted by atomic mass is 16.2. The highest BCUT2D eigenvalue weighted by molar-refractivity contribution is 5.73. The number of hydrogen-bond acceptors (Lipinski definition) is 2. The summed E-state index contributed by atoms with van der Waals surface area (Å²) < 4.78 is 0. The van der Waals surface area contributed by atoms with E-state index in [1.807, 2.05) is 4.90 Å². The van der Waals surface area contributed by atoms with Crippen LogP contribution in [0.15, 0.2) is 11.3 Å². The zero-order chi connectivity index (χ0) is 9.59. The summed E-state index contributed by atoms with van der Waals surface area (Å²) in [5.74, 6) is 0.194. The summed E-state index contributed by atoms with van der Waals surface area (Å²) in [4.78, 5) is 15.5. The normalized spacial score (nSPS) is 27.2. The average Bonchev–Trinajstić information content (AvgIpc) is 2.15. The van der Waals surface area contributed by atoms with Gasteiger partial charge in [-0.25, -0.2) is 0 Å². The number of fused-ring (bicyclic) bond motifs is 1. The third-order valence-electron chi connectivity index (χ3n) is 3.29. The summed E-state index contributed by atoms with van der Waals surface area (Å²) >= 11 is 0. The van der Waals surface area contributed by atoms with Crippen LogP contribution in [0.3, 0.4) is 0 Å². The van der Waals surface area contributed by atoms with Gasteiger partial charge in [-0.15, -0.1) is 0 Å². The van der Waals surface area contributed by atoms with Crippen molar-refractivity contribution < 1.29 is 4.79 Å². The van der Waals surface area contributed by atoms with Gasteiger partial charge in [-0.05, 0) is 19.4 Å². The smallest absolute Gasteiger partial charge is 0.219 e. The lowest BCUT2D eigenvalue weighted by Crippen LogP contribution is -2.55. The minimum Gasteiger partial charge on any atom is -0.365 e. The van der Waals surface area contributed by atoms with Crippen molar-refractivity contribution in [3.05, 3.63) is 11.3 Å². The summed E-state index contributed by atoms with van der Waals surface area (Å²) in [6.07, 6.45) is 0. The maximum absolute atomic E-state index is 11.1. The van der Waals surface area contributed by atoms with Gasteiger partial charge < -0.3 is 9.80 Å². The van der Waals surface area contributed by atoms with Crippen LogP contribution in [0.2, 0.25) is 0 Å². The van der Waals surface area contributed by atoms with E-state index >= 15 is 0 Å². The van der Waals surface area contributed by atoms with E-state index in [1.165, 1.54) is 11.3 Å². The van der Waals surface area contributed by atoms with E-state index in [-0.39, 0.29) is 5.91 Å². The Morgan fingerprint density at radius 3 is 2.77 bits per heavy atom. The Morgan fingerprint density at radius 1 is 1.46 bits per heavy atom. The summed E-state index contributed by atoms with van der Waals surface area (Å²) in [6.45, 7) is 8.76. The molecule has 1 atom stereocenters. The molecule has 3 nitrogen and oxygen atoms in total. The molecule has 0 aromatic rings. The first-order chi connectivity index (χ1) is 6.11. The Bertz CT molecular complexity index is 283. The van der Waals surface area contributed by atoms with Crippen LogP contribution < -0.4 is 0 Å².